The first-order chi connectivity index (χ1) is 9.86. The van der Waals surface area contributed by atoms with Crippen molar-refractivity contribution >= 4 is 27.2 Å². The highest BCUT2D eigenvalue weighted by atomic mass is 32.2. The SMILES string of the molecule is CS(=O)(=O)c1ccc(F)c(NC(=O)Nc2ccccc2)c1. The molecule has 2 aromatic rings. The third-order valence-corrected chi connectivity index (χ3v) is 3.76. The van der Waals surface area contributed by atoms with Crippen LogP contribution in [0, 0.1) is 5.82 Å². The first-order valence-corrected chi connectivity index (χ1v) is 7.88. The van der Waals surface area contributed by atoms with E-state index in [0.29, 0.717) is 5.69 Å². The zero-order chi connectivity index (χ0) is 15.5. The van der Waals surface area contributed by atoms with Gasteiger partial charge in [-0.15, -0.1) is 0 Å². The minimum absolute atomic E-state index is 0.0705. The van der Waals surface area contributed by atoms with Gasteiger partial charge in [0, 0.05) is 11.9 Å². The van der Waals surface area contributed by atoms with E-state index in [0.717, 1.165) is 24.5 Å². The Morgan fingerprint density at radius 2 is 1.71 bits per heavy atom. The lowest BCUT2D eigenvalue weighted by atomic mass is 10.3. The van der Waals surface area contributed by atoms with Crippen molar-refractivity contribution < 1.29 is 17.6 Å². The number of para-hydroxylation sites is 1. The zero-order valence-electron chi connectivity index (χ0n) is 11.1. The second kappa shape index (κ2) is 5.92. The normalized spacial score (nSPS) is 11.0. The standard InChI is InChI=1S/C14H13FN2O3S/c1-21(19,20)11-7-8-12(15)13(9-11)17-14(18)16-10-5-3-2-4-6-10/h2-9H,1H3,(H2,16,17,18). The Morgan fingerprint density at radius 3 is 2.33 bits per heavy atom. The number of carbonyl (C=O) groups excluding carboxylic acids is 1. The van der Waals surface area contributed by atoms with E-state index < -0.39 is 21.7 Å². The maximum absolute atomic E-state index is 13.6. The number of amides is 2. The Bertz CT molecular complexity index is 761. The number of halogens is 1. The van der Waals surface area contributed by atoms with Crippen molar-refractivity contribution in [2.75, 3.05) is 16.9 Å². The van der Waals surface area contributed by atoms with E-state index >= 15 is 0 Å². The fourth-order valence-electron chi connectivity index (χ4n) is 1.64. The molecule has 0 bridgehead atoms. The number of benzene rings is 2. The van der Waals surface area contributed by atoms with Gasteiger partial charge in [-0.2, -0.15) is 0 Å². The molecule has 2 rings (SSSR count). The molecule has 0 heterocycles. The number of nitrogens with one attached hydrogen (secondary N) is 2. The van der Waals surface area contributed by atoms with E-state index in [1.165, 1.54) is 0 Å². The van der Waals surface area contributed by atoms with Crippen molar-refractivity contribution in [3.63, 3.8) is 0 Å². The van der Waals surface area contributed by atoms with Gasteiger partial charge in [0.2, 0.25) is 0 Å². The summed E-state index contributed by atoms with van der Waals surface area (Å²) in [5.74, 6) is -0.717. The van der Waals surface area contributed by atoms with Crippen LogP contribution in [0.2, 0.25) is 0 Å². The lowest BCUT2D eigenvalue weighted by Crippen LogP contribution is -2.20. The molecule has 0 aromatic heterocycles. The molecule has 5 nitrogen and oxygen atoms in total. The quantitative estimate of drug-likeness (QED) is 0.856. The molecule has 0 atom stereocenters. The molecule has 0 spiro atoms. The lowest BCUT2D eigenvalue weighted by Gasteiger charge is -2.09. The van der Waals surface area contributed by atoms with E-state index in [1.807, 2.05) is 0 Å². The Kier molecular flexibility index (Phi) is 4.23. The van der Waals surface area contributed by atoms with Gasteiger partial charge in [-0.1, -0.05) is 18.2 Å². The molecular weight excluding hydrogens is 295 g/mol. The van der Waals surface area contributed by atoms with E-state index in [1.54, 1.807) is 30.3 Å². The second-order valence-electron chi connectivity index (χ2n) is 4.36. The molecule has 0 saturated heterocycles. The maximum Gasteiger partial charge on any atom is 0.323 e. The largest absolute Gasteiger partial charge is 0.323 e. The number of sulfone groups is 1. The third kappa shape index (κ3) is 4.03. The molecule has 0 aliphatic heterocycles. The molecule has 2 aromatic carbocycles. The summed E-state index contributed by atoms with van der Waals surface area (Å²) in [5, 5.41) is 4.79. The van der Waals surface area contributed by atoms with Gasteiger partial charge in [-0.3, -0.25) is 0 Å². The number of anilines is 2. The highest BCUT2D eigenvalue weighted by Crippen LogP contribution is 2.20. The zero-order valence-corrected chi connectivity index (χ0v) is 11.9. The molecule has 0 aliphatic rings. The van der Waals surface area contributed by atoms with Gasteiger partial charge < -0.3 is 10.6 Å². The van der Waals surface area contributed by atoms with Crippen LogP contribution in [0.4, 0.5) is 20.6 Å². The summed E-state index contributed by atoms with van der Waals surface area (Å²) in [6.45, 7) is 0. The number of urea groups is 1. The molecule has 0 saturated carbocycles. The van der Waals surface area contributed by atoms with Crippen LogP contribution >= 0.6 is 0 Å². The molecule has 110 valence electrons. The summed E-state index contributed by atoms with van der Waals surface area (Å²) in [6, 6.07) is 11.2. The minimum Gasteiger partial charge on any atom is -0.308 e. The van der Waals surface area contributed by atoms with E-state index in [4.69, 9.17) is 0 Å². The molecule has 21 heavy (non-hydrogen) atoms. The second-order valence-corrected chi connectivity index (χ2v) is 6.37. The Balaban J connectivity index is 2.17. The lowest BCUT2D eigenvalue weighted by molar-refractivity contribution is 0.262. The molecule has 7 heteroatoms. The van der Waals surface area contributed by atoms with Gasteiger partial charge >= 0.3 is 6.03 Å². The first-order valence-electron chi connectivity index (χ1n) is 5.99. The summed E-state index contributed by atoms with van der Waals surface area (Å²) in [5.41, 5.74) is 0.334. The van der Waals surface area contributed by atoms with Crippen molar-refractivity contribution in [3.05, 3.63) is 54.3 Å². The highest BCUT2D eigenvalue weighted by molar-refractivity contribution is 7.90. The maximum atomic E-state index is 13.6. The van der Waals surface area contributed by atoms with Gasteiger partial charge in [-0.25, -0.2) is 17.6 Å². The molecule has 0 aliphatic carbocycles. The average Bonchev–Trinajstić information content (AvgIpc) is 2.41. The van der Waals surface area contributed by atoms with Gasteiger partial charge in [0.25, 0.3) is 0 Å². The van der Waals surface area contributed by atoms with Gasteiger partial charge in [0.15, 0.2) is 9.84 Å². The molecule has 0 fully saturated rings. The van der Waals surface area contributed by atoms with Gasteiger partial charge in [0.1, 0.15) is 5.82 Å². The van der Waals surface area contributed by atoms with Gasteiger partial charge in [0.05, 0.1) is 10.6 Å². The first kappa shape index (κ1) is 15.0. The Hall–Kier alpha value is -2.41. The predicted molar refractivity (Wildman–Crippen MR) is 78.6 cm³/mol. The monoisotopic (exact) mass is 308 g/mol. The van der Waals surface area contributed by atoms with Crippen molar-refractivity contribution in [1.29, 1.82) is 0 Å². The van der Waals surface area contributed by atoms with Crippen molar-refractivity contribution in [1.82, 2.24) is 0 Å². The Labute approximate surface area is 121 Å². The van der Waals surface area contributed by atoms with Crippen molar-refractivity contribution in [3.8, 4) is 0 Å². The Morgan fingerprint density at radius 1 is 1.05 bits per heavy atom. The summed E-state index contributed by atoms with van der Waals surface area (Å²) in [6.07, 6.45) is 1.01. The van der Waals surface area contributed by atoms with Crippen LogP contribution in [0.5, 0.6) is 0 Å². The van der Waals surface area contributed by atoms with Crippen LogP contribution in [0.3, 0.4) is 0 Å². The van der Waals surface area contributed by atoms with Crippen LogP contribution in [0.1, 0.15) is 0 Å². The predicted octanol–water partition coefficient (Wildman–Crippen LogP) is 2.87. The van der Waals surface area contributed by atoms with Crippen LogP contribution in [0.15, 0.2) is 53.4 Å². The van der Waals surface area contributed by atoms with Crippen LogP contribution in [0.25, 0.3) is 0 Å². The number of carbonyl (C=O) groups is 1. The molecule has 2 amide bonds. The fourth-order valence-corrected chi connectivity index (χ4v) is 2.28. The van der Waals surface area contributed by atoms with E-state index in [2.05, 4.69) is 10.6 Å². The van der Waals surface area contributed by atoms with E-state index in [-0.39, 0.29) is 10.6 Å². The number of hydrogen-bond donors (Lipinski definition) is 2. The smallest absolute Gasteiger partial charge is 0.308 e. The average molecular weight is 308 g/mol. The topological polar surface area (TPSA) is 75.3 Å². The van der Waals surface area contributed by atoms with Crippen molar-refractivity contribution in [2.45, 2.75) is 4.90 Å². The summed E-state index contributed by atoms with van der Waals surface area (Å²) >= 11 is 0. The molecular formula is C14H13FN2O3S. The van der Waals surface area contributed by atoms with E-state index in [9.17, 15) is 17.6 Å². The van der Waals surface area contributed by atoms with Crippen molar-refractivity contribution in [2.24, 2.45) is 0 Å². The number of rotatable bonds is 3. The molecule has 2 N–H and O–H groups in total. The summed E-state index contributed by atoms with van der Waals surface area (Å²) in [7, 11) is -3.48. The molecule has 0 unspecified atom stereocenters. The van der Waals surface area contributed by atoms with Crippen LogP contribution < -0.4 is 10.6 Å². The highest BCUT2D eigenvalue weighted by Gasteiger charge is 2.13. The molecule has 0 radical (unpaired) electrons. The third-order valence-electron chi connectivity index (χ3n) is 2.65. The van der Waals surface area contributed by atoms with Crippen LogP contribution in [-0.4, -0.2) is 20.7 Å². The number of hydrogen-bond acceptors (Lipinski definition) is 3. The fraction of sp³-hybridized carbons (Fsp3) is 0.0714. The van der Waals surface area contributed by atoms with Gasteiger partial charge in [-0.05, 0) is 30.3 Å². The minimum atomic E-state index is -3.48. The summed E-state index contributed by atoms with van der Waals surface area (Å²) in [4.78, 5) is 11.7. The summed E-state index contributed by atoms with van der Waals surface area (Å²) < 4.78 is 36.5. The van der Waals surface area contributed by atoms with Crippen LogP contribution in [-0.2, 0) is 9.84 Å².